The number of pyridine rings is 1. The van der Waals surface area contributed by atoms with Crippen molar-refractivity contribution in [3.63, 3.8) is 0 Å². The molecule has 0 aliphatic rings. The van der Waals surface area contributed by atoms with Gasteiger partial charge in [0, 0.05) is 47.4 Å². The Hall–Kier alpha value is -3.31. The quantitative estimate of drug-likeness (QED) is 0.394. The topological polar surface area (TPSA) is 62.0 Å². The van der Waals surface area contributed by atoms with Gasteiger partial charge in [0.2, 0.25) is 0 Å². The predicted molar refractivity (Wildman–Crippen MR) is 114 cm³/mol. The first-order valence-electron chi connectivity index (χ1n) is 9.42. The Morgan fingerprint density at radius 1 is 1.00 bits per heavy atom. The fraction of sp³-hybridized carbons (Fsp3) is 0.174. The molecule has 4 rings (SSSR count). The lowest BCUT2D eigenvalue weighted by molar-refractivity contribution is 0.415. The van der Waals surface area contributed by atoms with E-state index in [2.05, 4.69) is 63.2 Å². The van der Waals surface area contributed by atoms with Gasteiger partial charge in [0.05, 0.1) is 7.11 Å². The van der Waals surface area contributed by atoms with Crippen LogP contribution in [0.5, 0.6) is 5.75 Å². The van der Waals surface area contributed by atoms with Crippen LogP contribution in [0.25, 0.3) is 10.9 Å². The van der Waals surface area contributed by atoms with Crippen molar-refractivity contribution in [2.24, 2.45) is 0 Å². The van der Waals surface area contributed by atoms with E-state index in [1.807, 2.05) is 18.2 Å². The maximum absolute atomic E-state index is 5.35. The molecule has 2 aromatic carbocycles. The molecule has 2 heterocycles. The van der Waals surface area contributed by atoms with Gasteiger partial charge >= 0.3 is 0 Å². The number of rotatable bonds is 8. The van der Waals surface area contributed by atoms with E-state index in [-0.39, 0.29) is 0 Å². The average Bonchev–Trinajstić information content (AvgIpc) is 3.14. The van der Waals surface area contributed by atoms with Crippen molar-refractivity contribution < 1.29 is 4.74 Å². The van der Waals surface area contributed by atoms with Gasteiger partial charge in [0.1, 0.15) is 5.75 Å². The molecule has 5 nitrogen and oxygen atoms in total. The fourth-order valence-corrected chi connectivity index (χ4v) is 3.31. The summed E-state index contributed by atoms with van der Waals surface area (Å²) in [6.45, 7) is 1.74. The van der Waals surface area contributed by atoms with Crippen LogP contribution < -0.4 is 15.4 Å². The van der Waals surface area contributed by atoms with Crippen molar-refractivity contribution in [2.45, 2.75) is 13.0 Å². The maximum Gasteiger partial charge on any atom is 0.119 e. The molecule has 0 spiro atoms. The van der Waals surface area contributed by atoms with E-state index in [1.165, 1.54) is 16.5 Å². The van der Waals surface area contributed by atoms with E-state index in [4.69, 9.17) is 4.74 Å². The van der Waals surface area contributed by atoms with Gasteiger partial charge in [-0.3, -0.25) is 4.98 Å². The minimum absolute atomic E-state index is 0.831. The van der Waals surface area contributed by atoms with Crippen LogP contribution in [0.4, 0.5) is 11.4 Å². The smallest absolute Gasteiger partial charge is 0.119 e. The minimum Gasteiger partial charge on any atom is -0.497 e. The summed E-state index contributed by atoms with van der Waals surface area (Å²) in [4.78, 5) is 7.38. The van der Waals surface area contributed by atoms with Crippen LogP contribution in [0.2, 0.25) is 0 Å². The number of nitrogens with zero attached hydrogens (tertiary/aromatic N) is 1. The van der Waals surface area contributed by atoms with E-state index in [1.54, 1.807) is 19.5 Å². The van der Waals surface area contributed by atoms with Crippen LogP contribution in [0.15, 0.2) is 73.2 Å². The van der Waals surface area contributed by atoms with E-state index in [0.717, 1.165) is 42.2 Å². The average molecular weight is 372 g/mol. The van der Waals surface area contributed by atoms with Gasteiger partial charge in [-0.05, 0) is 66.6 Å². The Morgan fingerprint density at radius 3 is 2.75 bits per heavy atom. The van der Waals surface area contributed by atoms with Crippen molar-refractivity contribution in [1.29, 1.82) is 0 Å². The van der Waals surface area contributed by atoms with Crippen molar-refractivity contribution in [3.8, 4) is 5.75 Å². The van der Waals surface area contributed by atoms with Gasteiger partial charge in [-0.1, -0.05) is 12.1 Å². The number of H-pyrrole nitrogens is 1. The fourth-order valence-electron chi connectivity index (χ4n) is 3.31. The summed E-state index contributed by atoms with van der Waals surface area (Å²) < 4.78 is 5.35. The molecule has 0 aliphatic carbocycles. The number of anilines is 2. The van der Waals surface area contributed by atoms with E-state index >= 15 is 0 Å². The molecule has 5 heteroatoms. The molecular weight excluding hydrogens is 348 g/mol. The third-order valence-electron chi connectivity index (χ3n) is 4.77. The highest BCUT2D eigenvalue weighted by atomic mass is 16.5. The molecule has 0 unspecified atom stereocenters. The number of ether oxygens (including phenoxy) is 1. The molecule has 0 atom stereocenters. The Balaban J connectivity index is 1.33. The second kappa shape index (κ2) is 8.59. The van der Waals surface area contributed by atoms with E-state index < -0.39 is 0 Å². The molecule has 28 heavy (non-hydrogen) atoms. The summed E-state index contributed by atoms with van der Waals surface area (Å²) in [7, 11) is 1.70. The highest BCUT2D eigenvalue weighted by Gasteiger charge is 2.05. The lowest BCUT2D eigenvalue weighted by Gasteiger charge is -2.09. The summed E-state index contributed by atoms with van der Waals surface area (Å²) in [6, 6.07) is 18.5. The lowest BCUT2D eigenvalue weighted by Crippen LogP contribution is -2.16. The second-order valence-electron chi connectivity index (χ2n) is 6.71. The second-order valence-corrected chi connectivity index (χ2v) is 6.71. The molecule has 0 amide bonds. The van der Waals surface area contributed by atoms with E-state index in [0.29, 0.717) is 0 Å². The minimum atomic E-state index is 0.831. The van der Waals surface area contributed by atoms with Crippen molar-refractivity contribution >= 4 is 22.3 Å². The highest BCUT2D eigenvalue weighted by Crippen LogP contribution is 2.24. The third kappa shape index (κ3) is 4.32. The molecule has 4 aromatic rings. The number of aromatic nitrogens is 2. The van der Waals surface area contributed by atoms with Crippen LogP contribution in [0, 0.1) is 0 Å². The molecule has 0 radical (unpaired) electrons. The third-order valence-corrected chi connectivity index (χ3v) is 4.77. The largest absolute Gasteiger partial charge is 0.497 e. The first-order valence-corrected chi connectivity index (χ1v) is 9.42. The molecule has 0 saturated carbocycles. The first-order chi connectivity index (χ1) is 13.8. The normalized spacial score (nSPS) is 10.9. The summed E-state index contributed by atoms with van der Waals surface area (Å²) in [5.74, 6) is 0.889. The molecule has 0 bridgehead atoms. The zero-order valence-electron chi connectivity index (χ0n) is 15.9. The van der Waals surface area contributed by atoms with Gasteiger partial charge < -0.3 is 20.4 Å². The van der Waals surface area contributed by atoms with Gasteiger partial charge in [0.25, 0.3) is 0 Å². The van der Waals surface area contributed by atoms with E-state index in [9.17, 15) is 0 Å². The predicted octanol–water partition coefficient (Wildman–Crippen LogP) is 4.65. The Morgan fingerprint density at radius 2 is 1.89 bits per heavy atom. The van der Waals surface area contributed by atoms with Gasteiger partial charge in [-0.15, -0.1) is 0 Å². The summed E-state index contributed by atoms with van der Waals surface area (Å²) in [6.07, 6.45) is 6.62. The van der Waals surface area contributed by atoms with Gasteiger partial charge in [-0.2, -0.15) is 0 Å². The number of benzene rings is 2. The lowest BCUT2D eigenvalue weighted by atomic mass is 10.1. The molecule has 142 valence electrons. The molecule has 0 fully saturated rings. The Bertz CT molecular complexity index is 1040. The summed E-state index contributed by atoms with van der Waals surface area (Å²) >= 11 is 0. The van der Waals surface area contributed by atoms with Crippen LogP contribution in [-0.2, 0) is 13.0 Å². The SMILES string of the molecule is COc1ccc2[nH]cc(CCNCc3cccc(Nc4ccncc4)c3)c2c1. The van der Waals surface area contributed by atoms with Crippen LogP contribution >= 0.6 is 0 Å². The number of hydrogen-bond acceptors (Lipinski definition) is 4. The monoisotopic (exact) mass is 372 g/mol. The Labute approximate surface area is 164 Å². The zero-order chi connectivity index (χ0) is 19.2. The van der Waals surface area contributed by atoms with Crippen LogP contribution in [0.1, 0.15) is 11.1 Å². The van der Waals surface area contributed by atoms with Crippen LogP contribution in [-0.4, -0.2) is 23.6 Å². The molecule has 0 aliphatic heterocycles. The number of methoxy groups -OCH3 is 1. The van der Waals surface area contributed by atoms with Crippen molar-refractivity contribution in [1.82, 2.24) is 15.3 Å². The summed E-state index contributed by atoms with van der Waals surface area (Å²) in [5, 5.41) is 8.17. The number of fused-ring (bicyclic) bond motifs is 1. The molecular formula is C23H24N4O. The first kappa shape index (κ1) is 18.1. The zero-order valence-corrected chi connectivity index (χ0v) is 15.9. The van der Waals surface area contributed by atoms with Crippen molar-refractivity contribution in [2.75, 3.05) is 19.0 Å². The molecule has 3 N–H and O–H groups in total. The van der Waals surface area contributed by atoms with Crippen molar-refractivity contribution in [3.05, 3.63) is 84.3 Å². The maximum atomic E-state index is 5.35. The molecule has 2 aromatic heterocycles. The van der Waals surface area contributed by atoms with Gasteiger partial charge in [-0.25, -0.2) is 0 Å². The van der Waals surface area contributed by atoms with Crippen LogP contribution in [0.3, 0.4) is 0 Å². The Kier molecular flexibility index (Phi) is 5.54. The highest BCUT2D eigenvalue weighted by molar-refractivity contribution is 5.84. The van der Waals surface area contributed by atoms with Gasteiger partial charge in [0.15, 0.2) is 0 Å². The molecule has 0 saturated heterocycles. The number of nitrogens with one attached hydrogen (secondary N) is 3. The number of hydrogen-bond donors (Lipinski definition) is 3. The number of aromatic amines is 1. The summed E-state index contributed by atoms with van der Waals surface area (Å²) in [5.41, 5.74) is 5.81. The standard InChI is InChI=1S/C23H24N4O/c1-28-21-5-6-23-22(14-21)18(16-26-23)7-10-25-15-17-3-2-4-20(13-17)27-19-8-11-24-12-9-19/h2-6,8-9,11-14,16,25-26H,7,10,15H2,1H3,(H,24,27).